The summed E-state index contributed by atoms with van der Waals surface area (Å²) in [6, 6.07) is 17.0. The first-order valence-electron chi connectivity index (χ1n) is 7.65. The highest BCUT2D eigenvalue weighted by molar-refractivity contribution is 6.31. The van der Waals surface area contributed by atoms with Crippen LogP contribution in [0.4, 0.5) is 10.1 Å². The number of nitrogens with one attached hydrogen (secondary N) is 1. The maximum atomic E-state index is 13.3. The molecule has 6 heteroatoms. The third-order valence-electron chi connectivity index (χ3n) is 3.51. The first kappa shape index (κ1) is 17.6. The molecule has 0 aliphatic carbocycles. The van der Waals surface area contributed by atoms with Crippen molar-refractivity contribution in [3.63, 3.8) is 0 Å². The lowest BCUT2D eigenvalue weighted by molar-refractivity contribution is 0.102. The average molecular weight is 370 g/mol. The smallest absolute Gasteiger partial charge is 0.255 e. The normalized spacial score (nSPS) is 10.2. The lowest BCUT2D eigenvalue weighted by atomic mass is 10.2. The lowest BCUT2D eigenvalue weighted by Gasteiger charge is -2.09. The van der Waals surface area contributed by atoms with Crippen LogP contribution in [0, 0.1) is 5.82 Å². The van der Waals surface area contributed by atoms with E-state index in [1.54, 1.807) is 48.5 Å². The minimum Gasteiger partial charge on any atom is -0.457 e. The van der Waals surface area contributed by atoms with Crippen LogP contribution in [0.1, 0.15) is 20.7 Å². The molecule has 26 heavy (non-hydrogen) atoms. The molecule has 0 bridgehead atoms. The molecule has 0 aromatic heterocycles. The van der Waals surface area contributed by atoms with Crippen LogP contribution in [0.5, 0.6) is 11.5 Å². The molecule has 4 nitrogen and oxygen atoms in total. The van der Waals surface area contributed by atoms with E-state index in [-0.39, 0.29) is 10.6 Å². The predicted molar refractivity (Wildman–Crippen MR) is 97.7 cm³/mol. The van der Waals surface area contributed by atoms with Gasteiger partial charge in [0, 0.05) is 16.3 Å². The Kier molecular flexibility index (Phi) is 5.29. The maximum absolute atomic E-state index is 13.3. The summed E-state index contributed by atoms with van der Waals surface area (Å²) in [6.45, 7) is 0. The molecule has 0 fully saturated rings. The molecule has 0 heterocycles. The molecule has 1 amide bonds. The summed E-state index contributed by atoms with van der Waals surface area (Å²) in [5, 5.41) is 2.80. The zero-order valence-corrected chi connectivity index (χ0v) is 14.2. The van der Waals surface area contributed by atoms with Gasteiger partial charge in [0.1, 0.15) is 17.3 Å². The van der Waals surface area contributed by atoms with E-state index in [1.165, 1.54) is 6.07 Å². The van der Waals surface area contributed by atoms with E-state index in [9.17, 15) is 14.0 Å². The van der Waals surface area contributed by atoms with Crippen LogP contribution in [0.15, 0.2) is 66.7 Å². The Labute approximate surface area is 154 Å². The zero-order chi connectivity index (χ0) is 18.5. The van der Waals surface area contributed by atoms with Crippen molar-refractivity contribution >= 4 is 29.5 Å². The third kappa shape index (κ3) is 4.26. The number of halogens is 2. The van der Waals surface area contributed by atoms with E-state index in [0.717, 1.165) is 12.1 Å². The lowest BCUT2D eigenvalue weighted by Crippen LogP contribution is -2.12. The standard InChI is InChI=1S/C20H13ClFNO3/c21-15-9-14(10-16(22)11-15)20(25)23-17-5-7-18(8-6-17)26-19-4-2-1-3-13(19)12-24/h1-12H,(H,23,25). The van der Waals surface area contributed by atoms with Crippen molar-refractivity contribution in [1.29, 1.82) is 0 Å². The monoisotopic (exact) mass is 369 g/mol. The van der Waals surface area contributed by atoms with Crippen molar-refractivity contribution in [3.8, 4) is 11.5 Å². The Morgan fingerprint density at radius 2 is 1.77 bits per heavy atom. The minimum atomic E-state index is -0.583. The van der Waals surface area contributed by atoms with E-state index < -0.39 is 11.7 Å². The highest BCUT2D eigenvalue weighted by Gasteiger charge is 2.09. The van der Waals surface area contributed by atoms with Gasteiger partial charge in [-0.2, -0.15) is 0 Å². The molecule has 0 spiro atoms. The molecule has 0 radical (unpaired) electrons. The number of benzene rings is 3. The van der Waals surface area contributed by atoms with E-state index in [1.807, 2.05) is 0 Å². The predicted octanol–water partition coefficient (Wildman–Crippen LogP) is 5.34. The van der Waals surface area contributed by atoms with Gasteiger partial charge in [0.25, 0.3) is 5.91 Å². The van der Waals surface area contributed by atoms with Crippen LogP contribution < -0.4 is 10.1 Å². The molecular weight excluding hydrogens is 357 g/mol. The molecular formula is C20H13ClFNO3. The van der Waals surface area contributed by atoms with Gasteiger partial charge in [-0.25, -0.2) is 4.39 Å². The van der Waals surface area contributed by atoms with Crippen molar-refractivity contribution in [3.05, 3.63) is 88.7 Å². The van der Waals surface area contributed by atoms with Gasteiger partial charge in [-0.1, -0.05) is 23.7 Å². The maximum Gasteiger partial charge on any atom is 0.255 e. The SMILES string of the molecule is O=Cc1ccccc1Oc1ccc(NC(=O)c2cc(F)cc(Cl)c2)cc1. The largest absolute Gasteiger partial charge is 0.457 e. The van der Waals surface area contributed by atoms with Crippen molar-refractivity contribution in [1.82, 2.24) is 0 Å². The molecule has 0 aliphatic heterocycles. The number of rotatable bonds is 5. The summed E-state index contributed by atoms with van der Waals surface area (Å²) < 4.78 is 19.0. The van der Waals surface area contributed by atoms with Gasteiger partial charge < -0.3 is 10.1 Å². The number of hydrogen-bond donors (Lipinski definition) is 1. The molecule has 3 aromatic carbocycles. The van der Waals surface area contributed by atoms with Crippen LogP contribution in [0.3, 0.4) is 0 Å². The number of carbonyl (C=O) groups is 2. The van der Waals surface area contributed by atoms with Gasteiger partial charge >= 0.3 is 0 Å². The highest BCUT2D eigenvalue weighted by atomic mass is 35.5. The highest BCUT2D eigenvalue weighted by Crippen LogP contribution is 2.25. The summed E-state index contributed by atoms with van der Waals surface area (Å²) >= 11 is 5.76. The van der Waals surface area contributed by atoms with E-state index in [4.69, 9.17) is 16.3 Å². The molecule has 1 N–H and O–H groups in total. The second kappa shape index (κ2) is 7.80. The van der Waals surface area contributed by atoms with E-state index in [0.29, 0.717) is 29.0 Å². The van der Waals surface area contributed by atoms with Crippen LogP contribution in [0.2, 0.25) is 5.02 Å². The number of para-hydroxylation sites is 1. The van der Waals surface area contributed by atoms with Gasteiger partial charge in [-0.3, -0.25) is 9.59 Å². The number of anilines is 1. The van der Waals surface area contributed by atoms with Gasteiger partial charge in [-0.05, 0) is 54.6 Å². The molecule has 0 atom stereocenters. The van der Waals surface area contributed by atoms with E-state index in [2.05, 4.69) is 5.32 Å². The fraction of sp³-hybridized carbons (Fsp3) is 0. The zero-order valence-electron chi connectivity index (χ0n) is 13.4. The fourth-order valence-electron chi connectivity index (χ4n) is 2.29. The Morgan fingerprint density at radius 3 is 2.46 bits per heavy atom. The molecule has 130 valence electrons. The summed E-state index contributed by atoms with van der Waals surface area (Å²) in [6.07, 6.45) is 0.716. The Balaban J connectivity index is 1.71. The summed E-state index contributed by atoms with van der Waals surface area (Å²) in [4.78, 5) is 23.2. The number of ether oxygens (including phenoxy) is 1. The van der Waals surface area contributed by atoms with E-state index >= 15 is 0 Å². The summed E-state index contributed by atoms with van der Waals surface area (Å²) in [7, 11) is 0. The van der Waals surface area contributed by atoms with Crippen molar-refractivity contribution in [2.75, 3.05) is 5.32 Å². The Hall–Kier alpha value is -3.18. The topological polar surface area (TPSA) is 55.4 Å². The number of amides is 1. The van der Waals surface area contributed by atoms with Crippen molar-refractivity contribution in [2.45, 2.75) is 0 Å². The third-order valence-corrected chi connectivity index (χ3v) is 3.73. The van der Waals surface area contributed by atoms with Crippen LogP contribution in [-0.2, 0) is 0 Å². The van der Waals surface area contributed by atoms with Crippen molar-refractivity contribution in [2.24, 2.45) is 0 Å². The van der Waals surface area contributed by atoms with Gasteiger partial charge in [0.05, 0.1) is 5.56 Å². The van der Waals surface area contributed by atoms with Crippen LogP contribution >= 0.6 is 11.6 Å². The summed E-state index contributed by atoms with van der Waals surface area (Å²) in [5.41, 5.74) is 1.06. The number of carbonyl (C=O) groups excluding carboxylic acids is 2. The second-order valence-corrected chi connectivity index (χ2v) is 5.83. The average Bonchev–Trinajstić information content (AvgIpc) is 2.63. The Bertz CT molecular complexity index is 937. The summed E-state index contributed by atoms with van der Waals surface area (Å²) in [5.74, 6) is -0.119. The first-order valence-corrected chi connectivity index (χ1v) is 8.02. The van der Waals surface area contributed by atoms with Gasteiger partial charge in [0.2, 0.25) is 0 Å². The molecule has 0 unspecified atom stereocenters. The molecule has 0 saturated carbocycles. The van der Waals surface area contributed by atoms with Crippen LogP contribution in [0.25, 0.3) is 0 Å². The number of hydrogen-bond acceptors (Lipinski definition) is 3. The van der Waals surface area contributed by atoms with Crippen LogP contribution in [-0.4, -0.2) is 12.2 Å². The van der Waals surface area contributed by atoms with Gasteiger partial charge in [-0.15, -0.1) is 0 Å². The fourth-order valence-corrected chi connectivity index (χ4v) is 2.51. The minimum absolute atomic E-state index is 0.121. The quantitative estimate of drug-likeness (QED) is 0.618. The molecule has 3 aromatic rings. The molecule has 3 rings (SSSR count). The molecule has 0 aliphatic rings. The van der Waals surface area contributed by atoms with Crippen molar-refractivity contribution < 1.29 is 18.7 Å². The van der Waals surface area contributed by atoms with Gasteiger partial charge in [0.15, 0.2) is 6.29 Å². The number of aldehydes is 1. The Morgan fingerprint density at radius 1 is 1.04 bits per heavy atom. The first-order chi connectivity index (χ1) is 12.5. The second-order valence-electron chi connectivity index (χ2n) is 5.39. The molecule has 0 saturated heterocycles.